The van der Waals surface area contributed by atoms with Crippen LogP contribution in [-0.2, 0) is 0 Å². The van der Waals surface area contributed by atoms with Crippen molar-refractivity contribution in [1.82, 2.24) is 0 Å². The number of hydrogen-bond donors (Lipinski definition) is 1. The van der Waals surface area contributed by atoms with E-state index in [0.29, 0.717) is 21.8 Å². The van der Waals surface area contributed by atoms with Gasteiger partial charge in [0.15, 0.2) is 5.75 Å². The molecule has 0 saturated carbocycles. The summed E-state index contributed by atoms with van der Waals surface area (Å²) in [6.07, 6.45) is 0. The topological polar surface area (TPSA) is 55.4 Å². The molecule has 0 aliphatic carbocycles. The van der Waals surface area contributed by atoms with E-state index in [-0.39, 0.29) is 11.7 Å². The van der Waals surface area contributed by atoms with Crippen LogP contribution in [0.3, 0.4) is 0 Å². The van der Waals surface area contributed by atoms with Gasteiger partial charge in [-0.2, -0.15) is 0 Å². The van der Waals surface area contributed by atoms with Gasteiger partial charge in [-0.3, -0.25) is 4.79 Å². The summed E-state index contributed by atoms with van der Waals surface area (Å²) in [7, 11) is 0. The van der Waals surface area contributed by atoms with Gasteiger partial charge < -0.3 is 10.1 Å². The average molecular weight is 480 g/mol. The van der Waals surface area contributed by atoms with Crippen LogP contribution < -0.4 is 10.1 Å². The van der Waals surface area contributed by atoms with Gasteiger partial charge in [-0.05, 0) is 70.8 Å². The highest BCUT2D eigenvalue weighted by Crippen LogP contribution is 2.31. The molecule has 0 fully saturated rings. The summed E-state index contributed by atoms with van der Waals surface area (Å²) in [5, 5.41) is 7.30. The Kier molecular flexibility index (Phi) is 5.98. The van der Waals surface area contributed by atoms with Crippen LogP contribution in [0.4, 0.5) is 5.69 Å². The first kappa shape index (κ1) is 22.6. The second-order valence-corrected chi connectivity index (χ2v) is 8.95. The van der Waals surface area contributed by atoms with Gasteiger partial charge >= 0.3 is 5.97 Å². The fraction of sp³-hybridized carbons (Fsp3) is 0.0667. The van der Waals surface area contributed by atoms with Crippen molar-refractivity contribution < 1.29 is 14.3 Å². The first-order valence-corrected chi connectivity index (χ1v) is 11.6. The van der Waals surface area contributed by atoms with Crippen molar-refractivity contribution in [3.05, 3.63) is 118 Å². The molecule has 0 spiro atoms. The summed E-state index contributed by atoms with van der Waals surface area (Å²) in [5.74, 6) is -0.635. The van der Waals surface area contributed by atoms with Crippen LogP contribution in [0.2, 0.25) is 5.02 Å². The van der Waals surface area contributed by atoms with E-state index in [9.17, 15) is 9.59 Å². The monoisotopic (exact) mass is 479 g/mol. The molecule has 1 N–H and O–H groups in total. The lowest BCUT2D eigenvalue weighted by molar-refractivity contribution is 0.0734. The maximum absolute atomic E-state index is 13.2. The Morgan fingerprint density at radius 2 is 1.20 bits per heavy atom. The quantitative estimate of drug-likeness (QED) is 0.212. The average Bonchev–Trinajstić information content (AvgIpc) is 2.84. The normalized spacial score (nSPS) is 10.9. The molecule has 0 saturated heterocycles. The predicted molar refractivity (Wildman–Crippen MR) is 142 cm³/mol. The Bertz CT molecular complexity index is 1620. The van der Waals surface area contributed by atoms with Gasteiger partial charge in [-0.1, -0.05) is 72.3 Å². The van der Waals surface area contributed by atoms with Crippen LogP contribution in [0.1, 0.15) is 31.8 Å². The highest BCUT2D eigenvalue weighted by molar-refractivity contribution is 6.31. The Morgan fingerprint density at radius 3 is 1.80 bits per heavy atom. The molecule has 4 nitrogen and oxygen atoms in total. The number of fused-ring (bicyclic) bond motifs is 2. The third-order valence-electron chi connectivity index (χ3n) is 6.04. The molecule has 172 valence electrons. The van der Waals surface area contributed by atoms with Crippen molar-refractivity contribution in [3.8, 4) is 5.75 Å². The fourth-order valence-electron chi connectivity index (χ4n) is 4.20. The second-order valence-electron chi connectivity index (χ2n) is 8.51. The second kappa shape index (κ2) is 9.24. The van der Waals surface area contributed by atoms with Crippen molar-refractivity contribution in [2.75, 3.05) is 5.32 Å². The molecule has 5 aromatic rings. The molecule has 0 radical (unpaired) electrons. The molecule has 1 amide bonds. The Labute approximate surface area is 208 Å². The number of hydrogen-bond acceptors (Lipinski definition) is 3. The van der Waals surface area contributed by atoms with Gasteiger partial charge in [0, 0.05) is 16.7 Å². The van der Waals surface area contributed by atoms with Gasteiger partial charge in [-0.15, -0.1) is 0 Å². The van der Waals surface area contributed by atoms with Crippen molar-refractivity contribution in [2.24, 2.45) is 0 Å². The van der Waals surface area contributed by atoms with E-state index < -0.39 is 5.97 Å². The molecule has 0 aromatic heterocycles. The predicted octanol–water partition coefficient (Wildman–Crippen LogP) is 7.73. The number of benzene rings is 5. The standard InChI is InChI=1S/C30H22ClNO3/c1-18-13-20-7-3-5-9-22(20)15-25(18)29(33)32-27-12-11-24(31)17-28(27)35-30(34)26-16-23-10-6-4-8-21(23)14-19(26)2/h3-17H,1-2H3,(H,32,33). The zero-order chi connectivity index (χ0) is 24.5. The molecule has 0 aliphatic rings. The highest BCUT2D eigenvalue weighted by atomic mass is 35.5. The van der Waals surface area contributed by atoms with Crippen molar-refractivity contribution >= 4 is 50.7 Å². The van der Waals surface area contributed by atoms with Gasteiger partial charge in [0.1, 0.15) is 0 Å². The molecule has 0 atom stereocenters. The zero-order valence-corrected chi connectivity index (χ0v) is 20.0. The van der Waals surface area contributed by atoms with Crippen LogP contribution in [0, 0.1) is 13.8 Å². The lowest BCUT2D eigenvalue weighted by Crippen LogP contribution is -2.16. The van der Waals surface area contributed by atoms with Crippen LogP contribution in [-0.4, -0.2) is 11.9 Å². The number of carbonyl (C=O) groups is 2. The molecular weight excluding hydrogens is 458 g/mol. The van der Waals surface area contributed by atoms with Crippen LogP contribution in [0.15, 0.2) is 91.0 Å². The molecule has 0 bridgehead atoms. The minimum absolute atomic E-state index is 0.182. The highest BCUT2D eigenvalue weighted by Gasteiger charge is 2.18. The lowest BCUT2D eigenvalue weighted by atomic mass is 10.0. The van der Waals surface area contributed by atoms with Crippen molar-refractivity contribution in [2.45, 2.75) is 13.8 Å². The Hall–Kier alpha value is -4.15. The van der Waals surface area contributed by atoms with Crippen molar-refractivity contribution in [1.29, 1.82) is 0 Å². The number of anilines is 1. The van der Waals surface area contributed by atoms with E-state index in [0.717, 1.165) is 32.7 Å². The smallest absolute Gasteiger partial charge is 0.343 e. The number of nitrogens with one attached hydrogen (secondary N) is 1. The summed E-state index contributed by atoms with van der Waals surface area (Å²) in [4.78, 5) is 26.3. The van der Waals surface area contributed by atoms with Gasteiger partial charge in [0.25, 0.3) is 5.91 Å². The first-order chi connectivity index (χ1) is 16.9. The minimum Gasteiger partial charge on any atom is -0.421 e. The first-order valence-electron chi connectivity index (χ1n) is 11.2. The maximum Gasteiger partial charge on any atom is 0.343 e. The molecule has 0 unspecified atom stereocenters. The molecule has 5 heteroatoms. The van der Waals surface area contributed by atoms with E-state index in [1.165, 1.54) is 6.07 Å². The summed E-state index contributed by atoms with van der Waals surface area (Å²) in [6, 6.07) is 28.1. The SMILES string of the molecule is Cc1cc2ccccc2cc1C(=O)Nc1ccc(Cl)cc1OC(=O)c1cc2ccccc2cc1C. The Morgan fingerprint density at radius 1 is 0.686 bits per heavy atom. The molecule has 35 heavy (non-hydrogen) atoms. The molecule has 5 rings (SSSR count). The summed E-state index contributed by atoms with van der Waals surface area (Å²) < 4.78 is 5.74. The molecular formula is C30H22ClNO3. The summed E-state index contributed by atoms with van der Waals surface area (Å²) >= 11 is 6.20. The number of amides is 1. The van der Waals surface area contributed by atoms with E-state index in [1.807, 2.05) is 86.6 Å². The minimum atomic E-state index is -0.520. The molecule has 5 aromatic carbocycles. The van der Waals surface area contributed by atoms with E-state index >= 15 is 0 Å². The number of aryl methyl sites for hydroxylation is 2. The van der Waals surface area contributed by atoms with E-state index in [1.54, 1.807) is 12.1 Å². The fourth-order valence-corrected chi connectivity index (χ4v) is 4.36. The number of rotatable bonds is 4. The largest absolute Gasteiger partial charge is 0.421 e. The van der Waals surface area contributed by atoms with E-state index in [2.05, 4.69) is 5.32 Å². The van der Waals surface area contributed by atoms with Gasteiger partial charge in [0.2, 0.25) is 0 Å². The van der Waals surface area contributed by atoms with Gasteiger partial charge in [-0.25, -0.2) is 4.79 Å². The van der Waals surface area contributed by atoms with Crippen LogP contribution >= 0.6 is 11.6 Å². The van der Waals surface area contributed by atoms with Crippen LogP contribution in [0.5, 0.6) is 5.75 Å². The number of carbonyl (C=O) groups excluding carboxylic acids is 2. The maximum atomic E-state index is 13.2. The number of halogens is 1. The van der Waals surface area contributed by atoms with Crippen molar-refractivity contribution in [3.63, 3.8) is 0 Å². The van der Waals surface area contributed by atoms with Crippen LogP contribution in [0.25, 0.3) is 21.5 Å². The summed E-state index contributed by atoms with van der Waals surface area (Å²) in [5.41, 5.74) is 3.00. The number of ether oxygens (including phenoxy) is 1. The Balaban J connectivity index is 1.45. The third kappa shape index (κ3) is 4.61. The molecule has 0 aliphatic heterocycles. The molecule has 0 heterocycles. The van der Waals surface area contributed by atoms with E-state index in [4.69, 9.17) is 16.3 Å². The lowest BCUT2D eigenvalue weighted by Gasteiger charge is -2.14. The summed E-state index contributed by atoms with van der Waals surface area (Å²) in [6.45, 7) is 3.76. The van der Waals surface area contributed by atoms with Gasteiger partial charge in [0.05, 0.1) is 11.3 Å². The number of esters is 1. The third-order valence-corrected chi connectivity index (χ3v) is 6.28. The zero-order valence-electron chi connectivity index (χ0n) is 19.3.